The third-order valence-corrected chi connectivity index (χ3v) is 5.64. The van der Waals surface area contributed by atoms with E-state index in [9.17, 15) is 14.0 Å². The monoisotopic (exact) mass is 483 g/mol. The number of benzene rings is 3. The number of rotatable bonds is 7. The lowest BCUT2D eigenvalue weighted by atomic mass is 9.97. The third-order valence-electron chi connectivity index (χ3n) is 5.41. The lowest BCUT2D eigenvalue weighted by Gasteiger charge is -2.27. The summed E-state index contributed by atoms with van der Waals surface area (Å²) in [4.78, 5) is 26.5. The third kappa shape index (κ3) is 5.31. The molecule has 34 heavy (non-hydrogen) atoms. The van der Waals surface area contributed by atoms with Crippen LogP contribution in [-0.2, 0) is 27.4 Å². The molecule has 0 saturated carbocycles. The number of hydrogen-bond donors (Lipinski definition) is 0. The quantitative estimate of drug-likeness (QED) is 0.405. The number of esters is 1. The van der Waals surface area contributed by atoms with Crippen LogP contribution >= 0.6 is 11.6 Å². The Morgan fingerprint density at radius 2 is 1.82 bits per heavy atom. The molecule has 4 rings (SSSR count). The van der Waals surface area contributed by atoms with Crippen LogP contribution in [0.3, 0.4) is 0 Å². The van der Waals surface area contributed by atoms with Crippen molar-refractivity contribution in [2.75, 3.05) is 13.2 Å². The first-order valence-corrected chi connectivity index (χ1v) is 11.2. The summed E-state index contributed by atoms with van der Waals surface area (Å²) in [7, 11) is 0. The second-order valence-electron chi connectivity index (χ2n) is 7.69. The molecule has 0 bridgehead atoms. The predicted molar refractivity (Wildman–Crippen MR) is 124 cm³/mol. The van der Waals surface area contributed by atoms with Gasteiger partial charge in [-0.2, -0.15) is 0 Å². The number of carbonyl (C=O) groups is 2. The van der Waals surface area contributed by atoms with Crippen LogP contribution < -0.4 is 4.74 Å². The highest BCUT2D eigenvalue weighted by Crippen LogP contribution is 2.43. The highest BCUT2D eigenvalue weighted by atomic mass is 35.5. The Balaban J connectivity index is 1.66. The van der Waals surface area contributed by atoms with E-state index in [1.165, 1.54) is 17.0 Å². The number of fused-ring (bicyclic) bond motifs is 1. The van der Waals surface area contributed by atoms with Gasteiger partial charge in [-0.3, -0.25) is 4.90 Å². The molecule has 0 radical (unpaired) electrons. The predicted octanol–water partition coefficient (Wildman–Crippen LogP) is 5.66. The first-order valence-electron chi connectivity index (χ1n) is 10.8. The summed E-state index contributed by atoms with van der Waals surface area (Å²) in [6.45, 7) is 1.88. The Hall–Kier alpha value is -3.58. The van der Waals surface area contributed by atoms with Gasteiger partial charge in [0.25, 0.3) is 0 Å². The van der Waals surface area contributed by atoms with Gasteiger partial charge in [0.05, 0.1) is 19.2 Å². The first-order chi connectivity index (χ1) is 16.5. The highest BCUT2D eigenvalue weighted by Gasteiger charge is 2.38. The maximum Gasteiger partial charge on any atom is 0.411 e. The minimum atomic E-state index is -0.644. The lowest BCUT2D eigenvalue weighted by molar-refractivity contribution is -0.145. The van der Waals surface area contributed by atoms with E-state index in [1.54, 1.807) is 31.2 Å². The van der Waals surface area contributed by atoms with Crippen LogP contribution in [0.25, 0.3) is 0 Å². The Kier molecular flexibility index (Phi) is 7.33. The first kappa shape index (κ1) is 23.6. The summed E-state index contributed by atoms with van der Waals surface area (Å²) in [5, 5.41) is 0.423. The summed E-state index contributed by atoms with van der Waals surface area (Å²) in [6, 6.07) is 18.0. The Morgan fingerprint density at radius 3 is 2.59 bits per heavy atom. The standard InChI is InChI=1S/C26H23ClFNO5/c1-2-32-24(30)16-33-23-11-8-19(27)13-22(23)25-21-10-9-20(28)12-18(21)14-29(25)26(31)34-15-17-6-4-3-5-7-17/h3-13,25H,2,14-16H2,1H3. The summed E-state index contributed by atoms with van der Waals surface area (Å²) in [5.41, 5.74) is 2.77. The summed E-state index contributed by atoms with van der Waals surface area (Å²) >= 11 is 6.29. The zero-order valence-corrected chi connectivity index (χ0v) is 19.3. The largest absolute Gasteiger partial charge is 0.482 e. The van der Waals surface area contributed by atoms with Gasteiger partial charge in [-0.15, -0.1) is 0 Å². The second-order valence-corrected chi connectivity index (χ2v) is 8.13. The van der Waals surface area contributed by atoms with E-state index in [2.05, 4.69) is 0 Å². The van der Waals surface area contributed by atoms with E-state index >= 15 is 0 Å². The van der Waals surface area contributed by atoms with Crippen molar-refractivity contribution in [2.24, 2.45) is 0 Å². The van der Waals surface area contributed by atoms with Gasteiger partial charge < -0.3 is 14.2 Å². The van der Waals surface area contributed by atoms with E-state index in [1.807, 2.05) is 30.3 Å². The van der Waals surface area contributed by atoms with Crippen LogP contribution in [0.2, 0.25) is 5.02 Å². The molecule has 0 aromatic heterocycles. The summed E-state index contributed by atoms with van der Waals surface area (Å²) in [5.74, 6) is -0.557. The molecule has 3 aromatic rings. The van der Waals surface area contributed by atoms with Gasteiger partial charge in [0.1, 0.15) is 18.2 Å². The van der Waals surface area contributed by atoms with Gasteiger partial charge in [-0.05, 0) is 53.9 Å². The van der Waals surface area contributed by atoms with Gasteiger partial charge in [-0.1, -0.05) is 48.0 Å². The van der Waals surface area contributed by atoms with Crippen molar-refractivity contribution in [2.45, 2.75) is 26.1 Å². The van der Waals surface area contributed by atoms with Crippen molar-refractivity contribution in [1.82, 2.24) is 4.90 Å². The topological polar surface area (TPSA) is 65.1 Å². The Morgan fingerprint density at radius 1 is 1.03 bits per heavy atom. The number of amides is 1. The molecule has 1 atom stereocenters. The molecule has 1 aliphatic rings. The molecule has 0 aliphatic carbocycles. The number of ether oxygens (including phenoxy) is 3. The van der Waals surface area contributed by atoms with Crippen molar-refractivity contribution in [3.05, 3.63) is 99.8 Å². The zero-order valence-electron chi connectivity index (χ0n) is 18.5. The van der Waals surface area contributed by atoms with Gasteiger partial charge in [0.15, 0.2) is 6.61 Å². The summed E-state index contributed by atoms with van der Waals surface area (Å²) in [6.07, 6.45) is -0.568. The number of nitrogens with zero attached hydrogens (tertiary/aromatic N) is 1. The number of carbonyl (C=O) groups excluding carboxylic acids is 2. The maximum atomic E-state index is 14.0. The lowest BCUT2D eigenvalue weighted by Crippen LogP contribution is -2.31. The molecule has 176 valence electrons. The van der Waals surface area contributed by atoms with Gasteiger partial charge in [0, 0.05) is 10.6 Å². The van der Waals surface area contributed by atoms with Crippen molar-refractivity contribution in [1.29, 1.82) is 0 Å². The molecular weight excluding hydrogens is 461 g/mol. The molecular formula is C26H23ClFNO5. The average molecular weight is 484 g/mol. The molecule has 1 heterocycles. The minimum absolute atomic E-state index is 0.0926. The molecule has 3 aromatic carbocycles. The number of hydrogen-bond acceptors (Lipinski definition) is 5. The second kappa shape index (κ2) is 10.6. The van der Waals surface area contributed by atoms with Crippen LogP contribution in [0, 0.1) is 5.82 Å². The Labute approximate surface area is 201 Å². The van der Waals surface area contributed by atoms with E-state index in [-0.39, 0.29) is 26.4 Å². The Bertz CT molecular complexity index is 1190. The van der Waals surface area contributed by atoms with E-state index < -0.39 is 23.9 Å². The van der Waals surface area contributed by atoms with Crippen molar-refractivity contribution in [3.63, 3.8) is 0 Å². The van der Waals surface area contributed by atoms with Crippen molar-refractivity contribution < 1.29 is 28.2 Å². The fourth-order valence-corrected chi connectivity index (χ4v) is 4.11. The SMILES string of the molecule is CCOC(=O)COc1ccc(Cl)cc1C1c2ccc(F)cc2CN1C(=O)OCc1ccccc1. The smallest absolute Gasteiger partial charge is 0.411 e. The molecule has 6 nitrogen and oxygen atoms in total. The normalized spacial score (nSPS) is 14.4. The van der Waals surface area contributed by atoms with E-state index in [0.717, 1.165) is 11.1 Å². The average Bonchev–Trinajstić information content (AvgIpc) is 3.21. The molecule has 1 unspecified atom stereocenters. The molecule has 8 heteroatoms. The molecule has 0 fully saturated rings. The molecule has 1 aliphatic heterocycles. The molecule has 1 amide bonds. The highest BCUT2D eigenvalue weighted by molar-refractivity contribution is 6.30. The minimum Gasteiger partial charge on any atom is -0.482 e. The fourth-order valence-electron chi connectivity index (χ4n) is 3.93. The van der Waals surface area contributed by atoms with E-state index in [0.29, 0.717) is 21.9 Å². The van der Waals surface area contributed by atoms with Crippen LogP contribution in [0.1, 0.15) is 35.2 Å². The van der Waals surface area contributed by atoms with Crippen molar-refractivity contribution >= 4 is 23.7 Å². The van der Waals surface area contributed by atoms with Crippen LogP contribution in [0.5, 0.6) is 5.75 Å². The number of halogens is 2. The van der Waals surface area contributed by atoms with Gasteiger partial charge in [0.2, 0.25) is 0 Å². The van der Waals surface area contributed by atoms with Crippen LogP contribution in [0.15, 0.2) is 66.7 Å². The molecule has 0 spiro atoms. The molecule has 0 saturated heterocycles. The zero-order chi connectivity index (χ0) is 24.1. The van der Waals surface area contributed by atoms with Crippen LogP contribution in [0.4, 0.5) is 9.18 Å². The summed E-state index contributed by atoms with van der Waals surface area (Å²) < 4.78 is 30.2. The maximum absolute atomic E-state index is 14.0. The van der Waals surface area contributed by atoms with Crippen molar-refractivity contribution in [3.8, 4) is 5.75 Å². The van der Waals surface area contributed by atoms with Gasteiger partial charge in [-0.25, -0.2) is 14.0 Å². The van der Waals surface area contributed by atoms with Crippen LogP contribution in [-0.4, -0.2) is 30.2 Å². The van der Waals surface area contributed by atoms with Gasteiger partial charge >= 0.3 is 12.1 Å². The van der Waals surface area contributed by atoms with E-state index in [4.69, 9.17) is 25.8 Å². The fraction of sp³-hybridized carbons (Fsp3) is 0.231. The molecule has 0 N–H and O–H groups in total.